The first kappa shape index (κ1) is 14.0. The molecule has 0 aromatic heterocycles. The monoisotopic (exact) mass is 280 g/mol. The molecule has 1 aromatic carbocycles. The number of nitrogens with zero attached hydrogens (tertiary/aromatic N) is 1. The highest BCUT2D eigenvalue weighted by molar-refractivity contribution is 5.25. The highest BCUT2D eigenvalue weighted by Crippen LogP contribution is 2.34. The van der Waals surface area contributed by atoms with Crippen LogP contribution in [-0.4, -0.2) is 37.6 Å². The maximum Gasteiger partial charge on any atom is 0.129 e. The van der Waals surface area contributed by atoms with Crippen molar-refractivity contribution in [1.29, 1.82) is 0 Å². The molecule has 0 amide bonds. The lowest BCUT2D eigenvalue weighted by Crippen LogP contribution is -2.36. The highest BCUT2D eigenvalue weighted by Gasteiger charge is 2.35. The third-order valence-corrected chi connectivity index (χ3v) is 4.74. The first-order valence-corrected chi connectivity index (χ1v) is 7.44. The van der Waals surface area contributed by atoms with E-state index in [0.29, 0.717) is 5.41 Å². The summed E-state index contributed by atoms with van der Waals surface area (Å²) in [6.45, 7) is 7.15. The normalized spacial score (nSPS) is 31.1. The molecule has 2 heterocycles. The van der Waals surface area contributed by atoms with Crippen LogP contribution in [0.5, 0.6) is 0 Å². The third kappa shape index (κ3) is 2.72. The van der Waals surface area contributed by atoms with Crippen LogP contribution in [0, 0.1) is 17.0 Å². The molecule has 2 aliphatic heterocycles. The molecule has 0 aliphatic carbocycles. The summed E-state index contributed by atoms with van der Waals surface area (Å²) in [5, 5.41) is 3.40. The summed E-state index contributed by atoms with van der Waals surface area (Å²) in [4.78, 5) is 2.36. The maximum absolute atomic E-state index is 13.8. The number of nitrogens with one attached hydrogen (secondary N) is 1. The molecule has 2 aliphatic rings. The van der Waals surface area contributed by atoms with Crippen molar-refractivity contribution in [2.45, 2.75) is 25.7 Å². The Labute approximate surface area is 119 Å². The zero-order valence-corrected chi connectivity index (χ0v) is 12.0. The lowest BCUT2D eigenvalue weighted by Gasteiger charge is -2.29. The summed E-state index contributed by atoms with van der Waals surface area (Å²) in [7, 11) is 0. The summed E-state index contributed by atoms with van der Waals surface area (Å²) in [5.41, 5.74) is 0.590. The average molecular weight is 280 g/mol. The van der Waals surface area contributed by atoms with Crippen LogP contribution in [0.25, 0.3) is 0 Å². The molecule has 4 heteroatoms. The van der Waals surface area contributed by atoms with Gasteiger partial charge in [0.2, 0.25) is 0 Å². The zero-order chi connectivity index (χ0) is 14.2. The van der Waals surface area contributed by atoms with E-state index in [2.05, 4.69) is 17.1 Å². The Bertz CT molecular complexity index is 463. The summed E-state index contributed by atoms with van der Waals surface area (Å²) >= 11 is 0. The van der Waals surface area contributed by atoms with Gasteiger partial charge in [0.1, 0.15) is 11.6 Å². The van der Waals surface area contributed by atoms with Crippen LogP contribution in [0.1, 0.15) is 31.2 Å². The fraction of sp³-hybridized carbons (Fsp3) is 0.625. The van der Waals surface area contributed by atoms with Crippen LogP contribution < -0.4 is 5.32 Å². The van der Waals surface area contributed by atoms with Crippen LogP contribution in [0.3, 0.4) is 0 Å². The van der Waals surface area contributed by atoms with Gasteiger partial charge in [0.25, 0.3) is 0 Å². The summed E-state index contributed by atoms with van der Waals surface area (Å²) in [5.74, 6) is -0.801. The van der Waals surface area contributed by atoms with Crippen molar-refractivity contribution in [3.63, 3.8) is 0 Å². The molecule has 0 radical (unpaired) electrons. The molecule has 1 aromatic rings. The fourth-order valence-electron chi connectivity index (χ4n) is 3.66. The lowest BCUT2D eigenvalue weighted by atomic mass is 9.89. The topological polar surface area (TPSA) is 15.3 Å². The van der Waals surface area contributed by atoms with E-state index in [9.17, 15) is 8.78 Å². The van der Waals surface area contributed by atoms with Gasteiger partial charge in [0.05, 0.1) is 0 Å². The van der Waals surface area contributed by atoms with E-state index in [1.807, 2.05) is 0 Å². The van der Waals surface area contributed by atoms with E-state index in [1.54, 1.807) is 0 Å². The third-order valence-electron chi connectivity index (χ3n) is 4.74. The molecule has 1 N–H and O–H groups in total. The number of hydrogen-bond acceptors (Lipinski definition) is 2. The van der Waals surface area contributed by atoms with Crippen molar-refractivity contribution in [2.75, 3.05) is 32.7 Å². The standard InChI is InChI=1S/C16H22F2N2/c1-16(6-7-19-10-16)11-20-8-5-12(9-20)15-13(17)3-2-4-14(15)18/h2-4,12,19H,5-11H2,1H3. The Hall–Kier alpha value is -1.00. The number of rotatable bonds is 3. The quantitative estimate of drug-likeness (QED) is 0.916. The van der Waals surface area contributed by atoms with E-state index in [4.69, 9.17) is 0 Å². The van der Waals surface area contributed by atoms with Crippen molar-refractivity contribution >= 4 is 0 Å². The van der Waals surface area contributed by atoms with Gasteiger partial charge < -0.3 is 10.2 Å². The van der Waals surface area contributed by atoms with Crippen LogP contribution in [0.2, 0.25) is 0 Å². The maximum atomic E-state index is 13.8. The first-order chi connectivity index (χ1) is 9.57. The van der Waals surface area contributed by atoms with E-state index in [-0.39, 0.29) is 11.5 Å². The van der Waals surface area contributed by atoms with Gasteiger partial charge in [-0.15, -0.1) is 0 Å². The van der Waals surface area contributed by atoms with E-state index >= 15 is 0 Å². The van der Waals surface area contributed by atoms with E-state index in [0.717, 1.165) is 39.1 Å². The number of halogens is 2. The van der Waals surface area contributed by atoms with Gasteiger partial charge in [-0.3, -0.25) is 0 Å². The predicted octanol–water partition coefficient (Wildman–Crippen LogP) is 2.75. The Kier molecular flexibility index (Phi) is 3.78. The number of benzene rings is 1. The molecule has 20 heavy (non-hydrogen) atoms. The largest absolute Gasteiger partial charge is 0.316 e. The molecule has 2 atom stereocenters. The van der Waals surface area contributed by atoms with Crippen molar-refractivity contribution in [2.24, 2.45) is 5.41 Å². The molecule has 2 nitrogen and oxygen atoms in total. The number of hydrogen-bond donors (Lipinski definition) is 1. The first-order valence-electron chi connectivity index (χ1n) is 7.44. The summed E-state index contributed by atoms with van der Waals surface area (Å²) in [6, 6.07) is 4.17. The summed E-state index contributed by atoms with van der Waals surface area (Å²) < 4.78 is 27.7. The Morgan fingerprint density at radius 3 is 2.75 bits per heavy atom. The van der Waals surface area contributed by atoms with Gasteiger partial charge in [-0.05, 0) is 43.5 Å². The van der Waals surface area contributed by atoms with Gasteiger partial charge in [-0.25, -0.2) is 8.78 Å². The molecular formula is C16H22F2N2. The van der Waals surface area contributed by atoms with Crippen molar-refractivity contribution < 1.29 is 8.78 Å². The van der Waals surface area contributed by atoms with E-state index in [1.165, 1.54) is 24.6 Å². The minimum absolute atomic E-state index is 0.00541. The Morgan fingerprint density at radius 2 is 2.10 bits per heavy atom. The van der Waals surface area contributed by atoms with Gasteiger partial charge in [-0.1, -0.05) is 13.0 Å². The van der Waals surface area contributed by atoms with Crippen LogP contribution in [0.15, 0.2) is 18.2 Å². The molecule has 0 bridgehead atoms. The van der Waals surface area contributed by atoms with E-state index < -0.39 is 11.6 Å². The molecule has 3 rings (SSSR count). The van der Waals surface area contributed by atoms with Gasteiger partial charge in [0.15, 0.2) is 0 Å². The van der Waals surface area contributed by atoms with Crippen molar-refractivity contribution in [3.8, 4) is 0 Å². The van der Waals surface area contributed by atoms with Crippen LogP contribution >= 0.6 is 0 Å². The smallest absolute Gasteiger partial charge is 0.129 e. The molecule has 110 valence electrons. The van der Waals surface area contributed by atoms with Crippen LogP contribution in [0.4, 0.5) is 8.78 Å². The molecular weight excluding hydrogens is 258 g/mol. The number of likely N-dealkylation sites (tertiary alicyclic amines) is 1. The lowest BCUT2D eigenvalue weighted by molar-refractivity contribution is 0.207. The molecule has 2 saturated heterocycles. The minimum Gasteiger partial charge on any atom is -0.316 e. The summed E-state index contributed by atoms with van der Waals surface area (Å²) in [6.07, 6.45) is 2.03. The van der Waals surface area contributed by atoms with Crippen molar-refractivity contribution in [3.05, 3.63) is 35.4 Å². The second kappa shape index (κ2) is 5.41. The Morgan fingerprint density at radius 1 is 1.35 bits per heavy atom. The van der Waals surface area contributed by atoms with Gasteiger partial charge in [-0.2, -0.15) is 0 Å². The predicted molar refractivity (Wildman–Crippen MR) is 75.7 cm³/mol. The minimum atomic E-state index is -0.398. The second-order valence-electron chi connectivity index (χ2n) is 6.59. The van der Waals surface area contributed by atoms with Crippen molar-refractivity contribution in [1.82, 2.24) is 10.2 Å². The zero-order valence-electron chi connectivity index (χ0n) is 12.0. The fourth-order valence-corrected chi connectivity index (χ4v) is 3.66. The molecule has 2 fully saturated rings. The second-order valence-corrected chi connectivity index (χ2v) is 6.59. The average Bonchev–Trinajstić information content (AvgIpc) is 2.99. The Balaban J connectivity index is 1.67. The van der Waals surface area contributed by atoms with Gasteiger partial charge in [0, 0.05) is 31.1 Å². The molecule has 2 unspecified atom stereocenters. The van der Waals surface area contributed by atoms with Gasteiger partial charge >= 0.3 is 0 Å². The molecule has 0 saturated carbocycles. The molecule has 0 spiro atoms. The highest BCUT2D eigenvalue weighted by atomic mass is 19.1. The van der Waals surface area contributed by atoms with Crippen LogP contribution in [-0.2, 0) is 0 Å². The SMILES string of the molecule is CC1(CN2CCC(c3c(F)cccc3F)C2)CCNC1.